The molecule has 2 rings (SSSR count). The van der Waals surface area contributed by atoms with Gasteiger partial charge in [0.15, 0.2) is 5.96 Å². The fourth-order valence-electron chi connectivity index (χ4n) is 3.87. The monoisotopic (exact) mass is 353 g/mol. The van der Waals surface area contributed by atoms with Crippen LogP contribution in [0.3, 0.4) is 0 Å². The largest absolute Gasteiger partial charge is 0.381 e. The fraction of sp³-hybridized carbons (Fsp3) is 0.947. The number of hydrogen-bond acceptors (Lipinski definition) is 4. The number of rotatable bonds is 7. The molecule has 0 bridgehead atoms. The Morgan fingerprint density at radius 2 is 1.76 bits per heavy atom. The van der Waals surface area contributed by atoms with Crippen LogP contribution in [0.4, 0.5) is 0 Å². The summed E-state index contributed by atoms with van der Waals surface area (Å²) in [7, 11) is 6.20. The third-order valence-electron chi connectivity index (χ3n) is 5.82. The van der Waals surface area contributed by atoms with Gasteiger partial charge in [0.05, 0.1) is 0 Å². The summed E-state index contributed by atoms with van der Waals surface area (Å²) in [6, 6.07) is 0. The molecule has 0 amide bonds. The van der Waals surface area contributed by atoms with Crippen LogP contribution in [-0.2, 0) is 4.74 Å². The van der Waals surface area contributed by atoms with E-state index in [1.54, 1.807) is 0 Å². The van der Waals surface area contributed by atoms with Gasteiger partial charge in [-0.1, -0.05) is 12.8 Å². The Morgan fingerprint density at radius 3 is 2.36 bits per heavy atom. The third kappa shape index (κ3) is 6.76. The topological polar surface area (TPSA) is 52.1 Å². The summed E-state index contributed by atoms with van der Waals surface area (Å²) >= 11 is 0. The normalized spacial score (nSPS) is 22.6. The zero-order chi connectivity index (χ0) is 18.0. The van der Waals surface area contributed by atoms with Crippen LogP contribution in [0.15, 0.2) is 4.99 Å². The van der Waals surface area contributed by atoms with Crippen LogP contribution < -0.4 is 10.6 Å². The number of aliphatic imine (C=N–C) groups is 1. The number of nitrogens with zero attached hydrogens (tertiary/aromatic N) is 3. The molecule has 0 spiro atoms. The van der Waals surface area contributed by atoms with Gasteiger partial charge in [0.2, 0.25) is 0 Å². The lowest BCUT2D eigenvalue weighted by molar-refractivity contribution is -0.00501. The maximum Gasteiger partial charge on any atom is 0.191 e. The lowest BCUT2D eigenvalue weighted by Crippen LogP contribution is -2.57. The minimum absolute atomic E-state index is 0.169. The van der Waals surface area contributed by atoms with E-state index in [-0.39, 0.29) is 5.54 Å². The van der Waals surface area contributed by atoms with Gasteiger partial charge in [-0.05, 0) is 65.8 Å². The van der Waals surface area contributed by atoms with E-state index < -0.39 is 0 Å². The predicted octanol–water partition coefficient (Wildman–Crippen LogP) is 1.53. The highest BCUT2D eigenvalue weighted by Gasteiger charge is 2.34. The number of likely N-dealkylation sites (N-methyl/N-ethyl adjacent to an activating group) is 1. The highest BCUT2D eigenvalue weighted by Crippen LogP contribution is 2.24. The summed E-state index contributed by atoms with van der Waals surface area (Å²) in [6.45, 7) is 7.34. The Kier molecular flexibility index (Phi) is 8.99. The first-order valence-electron chi connectivity index (χ1n) is 10.1. The Balaban J connectivity index is 1.67. The number of hydrogen-bond donors (Lipinski definition) is 2. The van der Waals surface area contributed by atoms with E-state index in [2.05, 4.69) is 39.5 Å². The molecule has 0 aliphatic carbocycles. The quantitative estimate of drug-likeness (QED) is 0.413. The van der Waals surface area contributed by atoms with Gasteiger partial charge in [-0.25, -0.2) is 0 Å². The lowest BCUT2D eigenvalue weighted by atomic mass is 9.88. The van der Waals surface area contributed by atoms with Gasteiger partial charge in [0.25, 0.3) is 0 Å². The van der Waals surface area contributed by atoms with Gasteiger partial charge >= 0.3 is 0 Å². The first-order chi connectivity index (χ1) is 12.2. The van der Waals surface area contributed by atoms with Crippen LogP contribution in [0.25, 0.3) is 0 Å². The van der Waals surface area contributed by atoms with Crippen LogP contribution in [-0.4, -0.2) is 88.4 Å². The Hall–Kier alpha value is -0.850. The molecule has 0 atom stereocenters. The van der Waals surface area contributed by atoms with Crippen molar-refractivity contribution < 1.29 is 4.74 Å². The van der Waals surface area contributed by atoms with Gasteiger partial charge in [0, 0.05) is 38.9 Å². The van der Waals surface area contributed by atoms with Crippen LogP contribution in [0.2, 0.25) is 0 Å². The van der Waals surface area contributed by atoms with Crippen LogP contribution in [0.1, 0.15) is 44.9 Å². The van der Waals surface area contributed by atoms with Crippen molar-refractivity contribution >= 4 is 5.96 Å². The summed E-state index contributed by atoms with van der Waals surface area (Å²) in [5.41, 5.74) is 0.169. The second kappa shape index (κ2) is 11.0. The molecule has 2 aliphatic heterocycles. The van der Waals surface area contributed by atoms with Gasteiger partial charge < -0.3 is 25.2 Å². The van der Waals surface area contributed by atoms with Gasteiger partial charge in [0.1, 0.15) is 0 Å². The van der Waals surface area contributed by atoms with E-state index in [1.165, 1.54) is 51.7 Å². The maximum absolute atomic E-state index is 5.55. The average Bonchev–Trinajstić information content (AvgIpc) is 2.90. The summed E-state index contributed by atoms with van der Waals surface area (Å²) in [5.74, 6) is 0.920. The summed E-state index contributed by atoms with van der Waals surface area (Å²) in [6.07, 6.45) is 8.86. The molecule has 6 nitrogen and oxygen atoms in total. The molecule has 25 heavy (non-hydrogen) atoms. The number of nitrogens with one attached hydrogen (secondary N) is 2. The zero-order valence-electron chi connectivity index (χ0n) is 16.6. The van der Waals surface area contributed by atoms with Gasteiger partial charge in [-0.3, -0.25) is 4.99 Å². The lowest BCUT2D eigenvalue weighted by Gasteiger charge is -2.43. The Labute approximate surface area is 154 Å². The van der Waals surface area contributed by atoms with E-state index in [4.69, 9.17) is 4.74 Å². The van der Waals surface area contributed by atoms with Crippen LogP contribution in [0.5, 0.6) is 0 Å². The van der Waals surface area contributed by atoms with Crippen molar-refractivity contribution in [1.29, 1.82) is 0 Å². The molecular weight excluding hydrogens is 314 g/mol. The highest BCUT2D eigenvalue weighted by atomic mass is 16.5. The molecule has 6 heteroatoms. The molecule has 2 heterocycles. The molecule has 0 aromatic heterocycles. The van der Waals surface area contributed by atoms with E-state index in [1.807, 2.05) is 7.05 Å². The zero-order valence-corrected chi connectivity index (χ0v) is 16.6. The molecule has 146 valence electrons. The molecule has 2 saturated heterocycles. The van der Waals surface area contributed by atoms with Crippen LogP contribution in [0, 0.1) is 0 Å². The third-order valence-corrected chi connectivity index (χ3v) is 5.82. The predicted molar refractivity (Wildman–Crippen MR) is 105 cm³/mol. The summed E-state index contributed by atoms with van der Waals surface area (Å²) < 4.78 is 5.55. The molecule has 0 saturated carbocycles. The number of ether oxygens (including phenoxy) is 1. The van der Waals surface area contributed by atoms with E-state index >= 15 is 0 Å². The SMILES string of the molecule is CN=C(NCCCN1CCCCCC1)NCC1(N(C)C)CCOCC1. The molecule has 0 aromatic carbocycles. The fourth-order valence-corrected chi connectivity index (χ4v) is 3.87. The molecule has 0 aromatic rings. The molecule has 2 aliphatic rings. The van der Waals surface area contributed by atoms with Crippen molar-refractivity contribution in [3.63, 3.8) is 0 Å². The van der Waals surface area contributed by atoms with Crippen molar-refractivity contribution in [3.8, 4) is 0 Å². The average molecular weight is 354 g/mol. The number of guanidine groups is 1. The maximum atomic E-state index is 5.55. The molecule has 2 fully saturated rings. The second-order valence-corrected chi connectivity index (χ2v) is 7.69. The molecule has 2 N–H and O–H groups in total. The molecule has 0 unspecified atom stereocenters. The van der Waals surface area contributed by atoms with Crippen molar-refractivity contribution in [2.45, 2.75) is 50.5 Å². The first-order valence-corrected chi connectivity index (χ1v) is 10.1. The van der Waals surface area contributed by atoms with E-state index in [0.717, 1.165) is 45.1 Å². The second-order valence-electron chi connectivity index (χ2n) is 7.69. The van der Waals surface area contributed by atoms with E-state index in [0.29, 0.717) is 0 Å². The molecule has 0 radical (unpaired) electrons. The van der Waals surface area contributed by atoms with Crippen LogP contribution >= 0.6 is 0 Å². The van der Waals surface area contributed by atoms with Crippen molar-refractivity contribution in [1.82, 2.24) is 20.4 Å². The minimum Gasteiger partial charge on any atom is -0.381 e. The van der Waals surface area contributed by atoms with Crippen molar-refractivity contribution in [3.05, 3.63) is 0 Å². The van der Waals surface area contributed by atoms with Crippen molar-refractivity contribution in [2.75, 3.05) is 67.1 Å². The van der Waals surface area contributed by atoms with E-state index in [9.17, 15) is 0 Å². The van der Waals surface area contributed by atoms with Gasteiger partial charge in [-0.15, -0.1) is 0 Å². The first kappa shape index (κ1) is 20.5. The Morgan fingerprint density at radius 1 is 1.08 bits per heavy atom. The summed E-state index contributed by atoms with van der Waals surface area (Å²) in [4.78, 5) is 9.35. The Bertz CT molecular complexity index is 385. The van der Waals surface area contributed by atoms with Gasteiger partial charge in [-0.2, -0.15) is 0 Å². The summed E-state index contributed by atoms with van der Waals surface area (Å²) in [5, 5.41) is 7.02. The molecular formula is C19H39N5O. The van der Waals surface area contributed by atoms with Crippen molar-refractivity contribution in [2.24, 2.45) is 4.99 Å². The number of likely N-dealkylation sites (tertiary alicyclic amines) is 1. The highest BCUT2D eigenvalue weighted by molar-refractivity contribution is 5.79. The standard InChI is InChI=1S/C19H39N5O/c1-20-18(21-11-8-14-24-12-6-4-5-7-13-24)22-17-19(23(2)3)9-15-25-16-10-19/h4-17H2,1-3H3,(H2,20,21,22). The minimum atomic E-state index is 0.169. The smallest absolute Gasteiger partial charge is 0.191 e.